The number of aliphatic hydroxyl groups is 4. The van der Waals surface area contributed by atoms with Gasteiger partial charge in [0.25, 0.3) is 0 Å². The molecule has 0 spiro atoms. The molecule has 0 saturated carbocycles. The number of nitrogens with one attached hydrogen (secondary N) is 1. The summed E-state index contributed by atoms with van der Waals surface area (Å²) in [6, 6.07) is 105. The lowest BCUT2D eigenvalue weighted by Gasteiger charge is -2.31. The van der Waals surface area contributed by atoms with E-state index in [9.17, 15) is 24.9 Å². The number of cyclic esters (lactones) is 1. The van der Waals surface area contributed by atoms with Crippen LogP contribution in [0.2, 0.25) is 0 Å². The summed E-state index contributed by atoms with van der Waals surface area (Å²) in [5, 5.41) is 40.6. The van der Waals surface area contributed by atoms with E-state index >= 15 is 0 Å². The Morgan fingerprint density at radius 2 is 0.716 bits per heavy atom. The van der Waals surface area contributed by atoms with Crippen LogP contribution in [-0.2, 0) is 117 Å². The van der Waals surface area contributed by atoms with Crippen molar-refractivity contribution in [3.8, 4) is 17.6 Å². The van der Waals surface area contributed by atoms with Crippen LogP contribution in [0.15, 0.2) is 326 Å². The number of nitrogens with zero attached hydrogens (tertiary/aromatic N) is 3. The molecule has 9 aromatic carbocycles. The van der Waals surface area contributed by atoms with Gasteiger partial charge in [-0.05, 0) is 144 Å². The van der Waals surface area contributed by atoms with E-state index in [4.69, 9.17) is 71.7 Å². The number of aryl methyl sites for hydroxylation is 4. The number of esters is 1. The lowest BCUT2D eigenvalue weighted by Crippen LogP contribution is -2.44. The molecule has 0 radical (unpaired) electrons. The molecule has 0 amide bonds. The van der Waals surface area contributed by atoms with Crippen LogP contribution < -0.4 is 19.8 Å². The van der Waals surface area contributed by atoms with Crippen LogP contribution >= 0.6 is 22.6 Å². The Morgan fingerprint density at radius 3 is 1.11 bits per heavy atom. The van der Waals surface area contributed by atoms with Gasteiger partial charge in [-0.1, -0.05) is 294 Å². The van der Waals surface area contributed by atoms with Gasteiger partial charge in [-0.15, -0.1) is 0 Å². The number of benzene rings is 9. The number of rotatable bonds is 34. The van der Waals surface area contributed by atoms with Crippen LogP contribution in [0.3, 0.4) is 0 Å². The second kappa shape index (κ2) is 51.2. The Hall–Kier alpha value is -11.5. The number of ether oxygens (including phenoxy) is 13. The standard InChI is InChI=1S/C33H35NO5.C33H35NO4.C20H22O4.C13H12INO.C11H15NO5/c1-3-29-31(37-22-26-15-9-5-10-16-26)32(38-23-27-17-11-6-12-18-27)33(35,39-29)28-19-20-30(34-24(28)2)36-21-25-13-7-4-8-14-25;1-3-29-32(36-22-26-15-9-5-10-16-26)33(37-23-27-17-11-6-12-18-27)31(38-29)28-19-20-30(34-24(28)2)35-21-25-13-7-4-8-14-25;1-2-17-18(22-13-15-9-5-3-6-10-15)19(20(21)24-17)23-14-16-11-7-4-8-12-16;1-10-12(14)7-8-13(15-10)16-9-11-5-3-2-4-6-11;1-5-6(2-3-8(14)12-5)11-10(16)9(15)7(4-13)17-11/h4-20,29,31-32,35H,3,21-23H2,1-2H3;4-20,29,31-33H,3,21-23H2,1-2H3;3-12,17-19H,2,13-14H2,1H3;2-8H,9H2,1H3;2-3,7,9-11,13,15-16H,4H2,1H3,(H,12,14)/t29-,31?,32+,33+;29-,31+,32?,33-;17-,18?,19+;;7-,9?,10+,11+/m111.1/s1. The number of halogens is 1. The highest BCUT2D eigenvalue weighted by Gasteiger charge is 2.58. The quantitative estimate of drug-likeness (QED) is 0.0185. The van der Waals surface area contributed by atoms with Gasteiger partial charge in [0.05, 0.1) is 69.8 Å². The average molecular weight is 1930 g/mol. The third-order valence-corrected chi connectivity index (χ3v) is 24.4. The zero-order valence-corrected chi connectivity index (χ0v) is 78.7. The first-order valence-electron chi connectivity index (χ1n) is 45.5. The van der Waals surface area contributed by atoms with Gasteiger partial charge in [0.15, 0.2) is 6.10 Å². The van der Waals surface area contributed by atoms with Crippen LogP contribution in [0.1, 0.15) is 142 Å². The third kappa shape index (κ3) is 28.3. The van der Waals surface area contributed by atoms with E-state index in [0.717, 1.165) is 77.0 Å². The summed E-state index contributed by atoms with van der Waals surface area (Å²) in [4.78, 5) is 39.6. The minimum atomic E-state index is -1.74. The maximum atomic E-state index is 12.2. The lowest BCUT2D eigenvalue weighted by atomic mass is 9.95. The molecule has 134 heavy (non-hydrogen) atoms. The highest BCUT2D eigenvalue weighted by atomic mass is 127. The molecular weight excluding hydrogens is 1810 g/mol. The van der Waals surface area contributed by atoms with Gasteiger partial charge in [-0.25, -0.2) is 19.7 Å². The van der Waals surface area contributed by atoms with Crippen molar-refractivity contribution in [2.75, 3.05) is 6.61 Å². The topological polar surface area (TPSA) is 290 Å². The number of carbonyl (C=O) groups is 1. The Labute approximate surface area is 797 Å². The number of carbonyl (C=O) groups excluding carboxylic acids is 1. The molecule has 4 saturated heterocycles. The van der Waals surface area contributed by atoms with E-state index in [1.807, 2.05) is 308 Å². The number of H-pyrrole nitrogens is 1. The lowest BCUT2D eigenvalue weighted by molar-refractivity contribution is -0.250. The number of hydrogen-bond acceptors (Lipinski definition) is 22. The Morgan fingerprint density at radius 1 is 0.358 bits per heavy atom. The van der Waals surface area contributed by atoms with Gasteiger partial charge in [-0.3, -0.25) is 4.79 Å². The molecule has 8 heterocycles. The molecule has 4 unspecified atom stereocenters. The summed E-state index contributed by atoms with van der Waals surface area (Å²) in [6.45, 7) is 17.2. The number of aromatic amines is 1. The monoisotopic (exact) mass is 1930 g/mol. The number of pyridine rings is 4. The first-order chi connectivity index (χ1) is 65.3. The van der Waals surface area contributed by atoms with Crippen LogP contribution in [0.5, 0.6) is 17.6 Å². The summed E-state index contributed by atoms with van der Waals surface area (Å²) in [5.74, 6) is -0.324. The largest absolute Gasteiger partial charge is 0.473 e. The predicted molar refractivity (Wildman–Crippen MR) is 518 cm³/mol. The second-order valence-corrected chi connectivity index (χ2v) is 34.1. The zero-order chi connectivity index (χ0) is 94.0. The first kappa shape index (κ1) is 99.9. The number of hydrogen-bond donors (Lipinski definition) is 5. The fourth-order valence-electron chi connectivity index (χ4n) is 16.1. The van der Waals surface area contributed by atoms with Crippen LogP contribution in [0.25, 0.3) is 0 Å². The fourth-order valence-corrected chi connectivity index (χ4v) is 16.4. The van der Waals surface area contributed by atoms with Crippen molar-refractivity contribution in [3.63, 3.8) is 0 Å². The average Bonchev–Trinajstić information content (AvgIpc) is 1.59. The smallest absolute Gasteiger partial charge is 0.338 e. The van der Waals surface area contributed by atoms with E-state index < -0.39 is 48.5 Å². The van der Waals surface area contributed by atoms with Gasteiger partial charge in [0, 0.05) is 55.9 Å². The SMILES string of the molecule is CC[C@H]1OC(=O)[C@@H](OCc2ccccc2)C1OCc1ccccc1.CC[C@H]1O[C@@H](c2ccc(OCc3ccccc3)nc2C)[C@@H](OCc2ccccc2)C1OCc1ccccc1.CC[C@H]1O[C@@](O)(c2ccc(OCc3ccccc3)nc2C)[C@@H](OCc2ccccc2)C1OCc1ccccc1.Cc1[nH]c(=O)ccc1[C@@H]1O[C@H](CO)C(O)[C@@H]1O.Cc1nc(OCc2ccccc2)ccc1I. The van der Waals surface area contributed by atoms with Crippen LogP contribution in [-0.4, -0.2) is 126 Å². The van der Waals surface area contributed by atoms with Crippen molar-refractivity contribution in [2.24, 2.45) is 0 Å². The van der Waals surface area contributed by atoms with Gasteiger partial charge in [0.1, 0.15) is 87.0 Å². The van der Waals surface area contributed by atoms with Gasteiger partial charge < -0.3 is 87.0 Å². The molecule has 5 N–H and O–H groups in total. The van der Waals surface area contributed by atoms with E-state index in [1.54, 1.807) is 19.1 Å². The Kier molecular flexibility index (Phi) is 38.2. The van der Waals surface area contributed by atoms with Crippen molar-refractivity contribution in [1.82, 2.24) is 19.9 Å². The molecule has 23 nitrogen and oxygen atoms in total. The molecule has 700 valence electrons. The first-order valence-corrected chi connectivity index (χ1v) is 46.5. The van der Waals surface area contributed by atoms with Crippen molar-refractivity contribution >= 4 is 28.6 Å². The van der Waals surface area contributed by atoms with Gasteiger partial charge in [-0.2, -0.15) is 0 Å². The molecule has 0 aliphatic carbocycles. The van der Waals surface area contributed by atoms with Crippen molar-refractivity contribution in [1.29, 1.82) is 0 Å². The Balaban J connectivity index is 0.000000149. The van der Waals surface area contributed by atoms with E-state index in [2.05, 4.69) is 74.8 Å². The molecule has 24 heteroatoms. The van der Waals surface area contributed by atoms with Crippen molar-refractivity contribution < 1.29 is 86.8 Å². The summed E-state index contributed by atoms with van der Waals surface area (Å²) < 4.78 is 80.2. The van der Waals surface area contributed by atoms with E-state index in [0.29, 0.717) is 112 Å². The molecule has 4 fully saturated rings. The van der Waals surface area contributed by atoms with Gasteiger partial charge >= 0.3 is 5.97 Å². The highest BCUT2D eigenvalue weighted by Crippen LogP contribution is 2.45. The minimum Gasteiger partial charge on any atom is -0.473 e. The van der Waals surface area contributed by atoms with E-state index in [1.165, 1.54) is 6.07 Å². The number of aliphatic hydroxyl groups excluding tert-OH is 3. The molecule has 4 aliphatic rings. The number of aromatic nitrogens is 4. The molecule has 0 bridgehead atoms. The summed E-state index contributed by atoms with van der Waals surface area (Å²) in [6.07, 6.45) is -5.42. The fraction of sp³-hybridized carbons (Fsp3) is 0.318. The summed E-state index contributed by atoms with van der Waals surface area (Å²) in [5.41, 5.74) is 14.6. The maximum Gasteiger partial charge on any atom is 0.338 e. The third-order valence-electron chi connectivity index (χ3n) is 23.3. The second-order valence-electron chi connectivity index (χ2n) is 32.9. The van der Waals surface area contributed by atoms with Crippen molar-refractivity contribution in [3.05, 3.63) is 425 Å². The summed E-state index contributed by atoms with van der Waals surface area (Å²) >= 11 is 2.26. The van der Waals surface area contributed by atoms with E-state index in [-0.39, 0.29) is 60.9 Å². The van der Waals surface area contributed by atoms with Crippen molar-refractivity contribution in [2.45, 2.75) is 218 Å². The molecule has 17 rings (SSSR count). The normalized spacial score (nSPS) is 22.0. The Bertz CT molecular complexity index is 5720. The molecule has 13 aromatic rings. The summed E-state index contributed by atoms with van der Waals surface area (Å²) in [7, 11) is 0. The highest BCUT2D eigenvalue weighted by molar-refractivity contribution is 14.1. The maximum absolute atomic E-state index is 12.2. The predicted octanol–water partition coefficient (Wildman–Crippen LogP) is 19.0. The zero-order valence-electron chi connectivity index (χ0n) is 76.5. The minimum absolute atomic E-state index is 0.0853. The van der Waals surface area contributed by atoms with Gasteiger partial charge in [0.2, 0.25) is 29.0 Å². The molecule has 4 aromatic heterocycles. The molecule has 4 aliphatic heterocycles. The van der Waals surface area contributed by atoms with Crippen LogP contribution in [0, 0.1) is 31.3 Å². The molecular formula is C110H119IN4O19. The molecule has 15 atom stereocenters. The van der Waals surface area contributed by atoms with Crippen LogP contribution in [0.4, 0.5) is 0 Å².